The van der Waals surface area contributed by atoms with Crippen molar-refractivity contribution >= 4 is 5.96 Å². The van der Waals surface area contributed by atoms with Crippen LogP contribution in [0.2, 0.25) is 0 Å². The van der Waals surface area contributed by atoms with Crippen LogP contribution >= 0.6 is 0 Å². The topological polar surface area (TPSA) is 92.9 Å². The van der Waals surface area contributed by atoms with Gasteiger partial charge in [0.1, 0.15) is 5.60 Å². The van der Waals surface area contributed by atoms with Crippen molar-refractivity contribution in [1.29, 1.82) is 0 Å². The van der Waals surface area contributed by atoms with E-state index in [1.54, 1.807) is 31.1 Å². The summed E-state index contributed by atoms with van der Waals surface area (Å²) in [6, 6.07) is 0. The third kappa shape index (κ3) is 7.76. The third-order valence-electron chi connectivity index (χ3n) is 3.41. The molecule has 1 unspecified atom stereocenters. The van der Waals surface area contributed by atoms with Crippen molar-refractivity contribution in [3.8, 4) is 0 Å². The Balaban J connectivity index is 2.41. The highest BCUT2D eigenvalue weighted by molar-refractivity contribution is 5.79. The second kappa shape index (κ2) is 11.0. The molecule has 0 saturated carbocycles. The molecule has 8 heteroatoms. The smallest absolute Gasteiger partial charge is 0.191 e. The summed E-state index contributed by atoms with van der Waals surface area (Å²) < 4.78 is 12.0. The predicted octanol–water partition coefficient (Wildman–Crippen LogP) is 0.236. The Morgan fingerprint density at radius 1 is 1.38 bits per heavy atom. The number of ether oxygens (including phenoxy) is 2. The quantitative estimate of drug-likeness (QED) is 0.303. The molecule has 1 atom stereocenters. The SMILES string of the molecule is CCNC(=NCC(C)(O)c1cnn(C)c1)NCCCOCCOC. The van der Waals surface area contributed by atoms with E-state index in [4.69, 9.17) is 9.47 Å². The maximum Gasteiger partial charge on any atom is 0.191 e. The third-order valence-corrected chi connectivity index (χ3v) is 3.41. The van der Waals surface area contributed by atoms with Gasteiger partial charge >= 0.3 is 0 Å². The number of aromatic nitrogens is 2. The van der Waals surface area contributed by atoms with E-state index in [1.165, 1.54) is 0 Å². The van der Waals surface area contributed by atoms with E-state index in [0.29, 0.717) is 25.8 Å². The summed E-state index contributed by atoms with van der Waals surface area (Å²) in [6.07, 6.45) is 4.33. The Morgan fingerprint density at radius 2 is 2.17 bits per heavy atom. The molecule has 0 aliphatic rings. The number of guanidine groups is 1. The molecule has 3 N–H and O–H groups in total. The number of hydrogen-bond acceptors (Lipinski definition) is 5. The molecule has 1 heterocycles. The monoisotopic (exact) mass is 341 g/mol. The van der Waals surface area contributed by atoms with Crippen LogP contribution in [0, 0.1) is 0 Å². The van der Waals surface area contributed by atoms with Crippen LogP contribution < -0.4 is 10.6 Å². The van der Waals surface area contributed by atoms with Crippen LogP contribution in [0.15, 0.2) is 17.4 Å². The van der Waals surface area contributed by atoms with Crippen LogP contribution in [0.25, 0.3) is 0 Å². The first-order valence-electron chi connectivity index (χ1n) is 8.30. The van der Waals surface area contributed by atoms with Crippen LogP contribution in [0.4, 0.5) is 0 Å². The van der Waals surface area contributed by atoms with Gasteiger partial charge in [0.25, 0.3) is 0 Å². The molecule has 1 aromatic rings. The van der Waals surface area contributed by atoms with Gasteiger partial charge < -0.3 is 25.2 Å². The van der Waals surface area contributed by atoms with Gasteiger partial charge in [-0.2, -0.15) is 5.10 Å². The van der Waals surface area contributed by atoms with Gasteiger partial charge in [-0.05, 0) is 20.3 Å². The van der Waals surface area contributed by atoms with Crippen molar-refractivity contribution < 1.29 is 14.6 Å². The molecule has 0 fully saturated rings. The van der Waals surface area contributed by atoms with Crippen LogP contribution in [-0.4, -0.2) is 67.4 Å². The number of hydrogen-bond donors (Lipinski definition) is 3. The highest BCUT2D eigenvalue weighted by atomic mass is 16.5. The fourth-order valence-corrected chi connectivity index (χ4v) is 1.99. The first-order valence-corrected chi connectivity index (χ1v) is 8.30. The lowest BCUT2D eigenvalue weighted by Crippen LogP contribution is -2.39. The van der Waals surface area contributed by atoms with Crippen molar-refractivity contribution in [2.24, 2.45) is 12.0 Å². The average Bonchev–Trinajstić information content (AvgIpc) is 2.99. The Kier molecular flexibility index (Phi) is 9.36. The highest BCUT2D eigenvalue weighted by Gasteiger charge is 2.24. The summed E-state index contributed by atoms with van der Waals surface area (Å²) in [5.74, 6) is 0.679. The zero-order valence-corrected chi connectivity index (χ0v) is 15.2. The number of rotatable bonds is 11. The van der Waals surface area contributed by atoms with Crippen molar-refractivity contribution in [1.82, 2.24) is 20.4 Å². The van der Waals surface area contributed by atoms with Crippen LogP contribution in [0.1, 0.15) is 25.8 Å². The predicted molar refractivity (Wildman–Crippen MR) is 94.1 cm³/mol. The lowest BCUT2D eigenvalue weighted by atomic mass is 10.0. The van der Waals surface area contributed by atoms with E-state index in [1.807, 2.05) is 14.0 Å². The Labute approximate surface area is 144 Å². The number of nitrogens with one attached hydrogen (secondary N) is 2. The number of aliphatic hydroxyl groups is 1. The molecule has 0 bridgehead atoms. The molecule has 1 rings (SSSR count). The van der Waals surface area contributed by atoms with Gasteiger partial charge in [-0.3, -0.25) is 4.68 Å². The lowest BCUT2D eigenvalue weighted by molar-refractivity contribution is 0.0670. The maximum atomic E-state index is 10.6. The molecular formula is C16H31N5O3. The molecule has 138 valence electrons. The summed E-state index contributed by atoms with van der Waals surface area (Å²) in [6.45, 7) is 7.38. The molecule has 1 aromatic heterocycles. The fraction of sp³-hybridized carbons (Fsp3) is 0.750. The first kappa shape index (κ1) is 20.4. The molecule has 8 nitrogen and oxygen atoms in total. The van der Waals surface area contributed by atoms with Crippen LogP contribution in [0.5, 0.6) is 0 Å². The maximum absolute atomic E-state index is 10.6. The van der Waals surface area contributed by atoms with Gasteiger partial charge in [0.15, 0.2) is 5.96 Å². The van der Waals surface area contributed by atoms with Crippen molar-refractivity contribution in [3.63, 3.8) is 0 Å². The van der Waals surface area contributed by atoms with Gasteiger partial charge in [-0.1, -0.05) is 0 Å². The summed E-state index contributed by atoms with van der Waals surface area (Å²) in [7, 11) is 3.48. The van der Waals surface area contributed by atoms with Gasteiger partial charge in [0.05, 0.1) is 26.0 Å². The van der Waals surface area contributed by atoms with Crippen molar-refractivity contribution in [3.05, 3.63) is 18.0 Å². The normalized spacial score (nSPS) is 14.5. The minimum atomic E-state index is -1.06. The molecule has 0 aromatic carbocycles. The standard InChI is InChI=1S/C16H31N5O3/c1-5-17-15(18-7-6-8-24-10-9-23-4)19-13-16(2,22)14-11-20-21(3)12-14/h11-12,22H,5-10,13H2,1-4H3,(H2,17,18,19). The minimum Gasteiger partial charge on any atom is -0.383 e. The van der Waals surface area contributed by atoms with Crippen LogP contribution in [0.3, 0.4) is 0 Å². The van der Waals surface area contributed by atoms with E-state index < -0.39 is 5.60 Å². The second-order valence-corrected chi connectivity index (χ2v) is 5.76. The molecule has 0 amide bonds. The van der Waals surface area contributed by atoms with Gasteiger partial charge in [-0.15, -0.1) is 0 Å². The average molecular weight is 341 g/mol. The van der Waals surface area contributed by atoms with E-state index in [-0.39, 0.29) is 6.54 Å². The van der Waals surface area contributed by atoms with Gasteiger partial charge in [0, 0.05) is 45.6 Å². The Bertz CT molecular complexity index is 488. The summed E-state index contributed by atoms with van der Waals surface area (Å²) in [5.41, 5.74) is -0.309. The van der Waals surface area contributed by atoms with E-state index in [0.717, 1.165) is 25.1 Å². The van der Waals surface area contributed by atoms with E-state index >= 15 is 0 Å². The minimum absolute atomic E-state index is 0.248. The van der Waals surface area contributed by atoms with Crippen LogP contribution in [-0.2, 0) is 22.1 Å². The molecular weight excluding hydrogens is 310 g/mol. The molecule has 0 saturated heterocycles. The Morgan fingerprint density at radius 3 is 2.79 bits per heavy atom. The number of methoxy groups -OCH3 is 1. The zero-order valence-electron chi connectivity index (χ0n) is 15.2. The summed E-state index contributed by atoms with van der Waals surface area (Å²) in [4.78, 5) is 4.46. The lowest BCUT2D eigenvalue weighted by Gasteiger charge is -2.20. The molecule has 0 spiro atoms. The largest absolute Gasteiger partial charge is 0.383 e. The van der Waals surface area contributed by atoms with Crippen molar-refractivity contribution in [2.45, 2.75) is 25.9 Å². The molecule has 0 aliphatic carbocycles. The van der Waals surface area contributed by atoms with Crippen molar-refractivity contribution in [2.75, 3.05) is 46.6 Å². The summed E-state index contributed by atoms with van der Waals surface area (Å²) in [5, 5.41) is 21.1. The Hall–Kier alpha value is -1.64. The molecule has 24 heavy (non-hydrogen) atoms. The second-order valence-electron chi connectivity index (χ2n) is 5.76. The number of aryl methyl sites for hydroxylation is 1. The van der Waals surface area contributed by atoms with E-state index in [9.17, 15) is 5.11 Å². The first-order chi connectivity index (χ1) is 11.5. The molecule has 0 radical (unpaired) electrons. The summed E-state index contributed by atoms with van der Waals surface area (Å²) >= 11 is 0. The number of nitrogens with zero attached hydrogens (tertiary/aromatic N) is 3. The fourth-order valence-electron chi connectivity index (χ4n) is 1.99. The van der Waals surface area contributed by atoms with Gasteiger partial charge in [0.2, 0.25) is 0 Å². The zero-order chi connectivity index (χ0) is 17.8. The molecule has 0 aliphatic heterocycles. The van der Waals surface area contributed by atoms with Gasteiger partial charge in [-0.25, -0.2) is 4.99 Å². The number of aliphatic imine (C=N–C) groups is 1. The van der Waals surface area contributed by atoms with E-state index in [2.05, 4.69) is 20.7 Å². The highest BCUT2D eigenvalue weighted by Crippen LogP contribution is 2.19.